The second kappa shape index (κ2) is 6.97. The highest BCUT2D eigenvalue weighted by atomic mass is 32.1. The molecule has 1 amide bonds. The van der Waals surface area contributed by atoms with E-state index in [2.05, 4.69) is 10.6 Å². The van der Waals surface area contributed by atoms with Crippen molar-refractivity contribution in [3.8, 4) is 0 Å². The number of carbonyl (C=O) groups excluding carboxylic acids is 1. The minimum atomic E-state index is -0.482. The maximum absolute atomic E-state index is 12.2. The maximum atomic E-state index is 12.2. The molecule has 7 heteroatoms. The number of rotatable bonds is 3. The zero-order valence-electron chi connectivity index (χ0n) is 12.6. The molecule has 0 aliphatic heterocycles. The van der Waals surface area contributed by atoms with E-state index in [-0.39, 0.29) is 16.7 Å². The Hall–Kier alpha value is -2.80. The first-order valence-electron chi connectivity index (χ1n) is 6.80. The van der Waals surface area contributed by atoms with Crippen LogP contribution in [0.1, 0.15) is 21.5 Å². The van der Waals surface area contributed by atoms with E-state index in [0.717, 1.165) is 11.1 Å². The van der Waals surface area contributed by atoms with Gasteiger partial charge < -0.3 is 5.32 Å². The molecule has 0 fully saturated rings. The fraction of sp³-hybridized carbons (Fsp3) is 0.125. The number of nitro groups is 1. The highest BCUT2D eigenvalue weighted by Gasteiger charge is 2.10. The van der Waals surface area contributed by atoms with Crippen LogP contribution in [0.25, 0.3) is 0 Å². The molecule has 0 unspecified atom stereocenters. The third-order valence-corrected chi connectivity index (χ3v) is 3.25. The number of nitrogens with one attached hydrogen (secondary N) is 2. The lowest BCUT2D eigenvalue weighted by molar-refractivity contribution is -0.384. The van der Waals surface area contributed by atoms with Crippen LogP contribution in [0.4, 0.5) is 11.4 Å². The number of hydrogen-bond donors (Lipinski definition) is 2. The molecule has 0 heterocycles. The second-order valence-electron chi connectivity index (χ2n) is 5.09. The van der Waals surface area contributed by atoms with Crippen molar-refractivity contribution in [2.75, 3.05) is 5.32 Å². The Balaban J connectivity index is 2.01. The van der Waals surface area contributed by atoms with Crippen molar-refractivity contribution in [2.45, 2.75) is 13.8 Å². The fourth-order valence-electron chi connectivity index (χ4n) is 2.11. The van der Waals surface area contributed by atoms with Crippen molar-refractivity contribution in [3.05, 3.63) is 69.3 Å². The number of aryl methyl sites for hydroxylation is 2. The molecule has 0 saturated heterocycles. The summed E-state index contributed by atoms with van der Waals surface area (Å²) in [6, 6.07) is 11.3. The monoisotopic (exact) mass is 329 g/mol. The molecular weight excluding hydrogens is 314 g/mol. The number of nitrogens with zero attached hydrogens (tertiary/aromatic N) is 1. The van der Waals surface area contributed by atoms with Crippen LogP contribution in [0.5, 0.6) is 0 Å². The molecule has 2 aromatic carbocycles. The number of carbonyl (C=O) groups is 1. The van der Waals surface area contributed by atoms with Crippen LogP contribution in [0.2, 0.25) is 0 Å². The summed E-state index contributed by atoms with van der Waals surface area (Å²) in [5.74, 6) is -0.309. The van der Waals surface area contributed by atoms with Crippen LogP contribution in [0, 0.1) is 24.0 Å². The van der Waals surface area contributed by atoms with E-state index < -0.39 is 4.92 Å². The summed E-state index contributed by atoms with van der Waals surface area (Å²) < 4.78 is 0. The Morgan fingerprint density at radius 3 is 2.17 bits per heavy atom. The van der Waals surface area contributed by atoms with Gasteiger partial charge in [0.1, 0.15) is 0 Å². The van der Waals surface area contributed by atoms with Gasteiger partial charge in [-0.05, 0) is 50.3 Å². The van der Waals surface area contributed by atoms with Crippen LogP contribution in [0.3, 0.4) is 0 Å². The van der Waals surface area contributed by atoms with Crippen LogP contribution < -0.4 is 10.6 Å². The number of nitro benzene ring substituents is 1. The van der Waals surface area contributed by atoms with Gasteiger partial charge in [-0.2, -0.15) is 0 Å². The van der Waals surface area contributed by atoms with E-state index in [0.29, 0.717) is 11.3 Å². The summed E-state index contributed by atoms with van der Waals surface area (Å²) in [5, 5.41) is 16.1. The predicted molar refractivity (Wildman–Crippen MR) is 92.7 cm³/mol. The Labute approximate surface area is 138 Å². The first-order valence-corrected chi connectivity index (χ1v) is 7.21. The summed E-state index contributed by atoms with van der Waals surface area (Å²) in [6.45, 7) is 3.83. The molecule has 0 aromatic heterocycles. The number of benzene rings is 2. The van der Waals surface area contributed by atoms with Crippen LogP contribution in [0.15, 0.2) is 42.5 Å². The van der Waals surface area contributed by atoms with Gasteiger partial charge in [0.15, 0.2) is 5.11 Å². The normalized spacial score (nSPS) is 10.0. The van der Waals surface area contributed by atoms with Crippen molar-refractivity contribution < 1.29 is 9.72 Å². The molecule has 0 aliphatic rings. The summed E-state index contributed by atoms with van der Waals surface area (Å²) >= 11 is 5.09. The van der Waals surface area contributed by atoms with Gasteiger partial charge in [0, 0.05) is 23.4 Å². The Morgan fingerprint density at radius 2 is 1.65 bits per heavy atom. The first-order chi connectivity index (χ1) is 10.8. The van der Waals surface area contributed by atoms with Crippen molar-refractivity contribution in [1.29, 1.82) is 0 Å². The predicted octanol–water partition coefficient (Wildman–Crippen LogP) is 3.34. The summed E-state index contributed by atoms with van der Waals surface area (Å²) in [6.07, 6.45) is 0. The van der Waals surface area contributed by atoms with Gasteiger partial charge in [0.2, 0.25) is 0 Å². The van der Waals surface area contributed by atoms with Crippen molar-refractivity contribution in [2.24, 2.45) is 0 Å². The molecule has 0 bridgehead atoms. The largest absolute Gasteiger partial charge is 0.332 e. The average molecular weight is 329 g/mol. The molecule has 2 aromatic rings. The number of non-ortho nitro benzene ring substituents is 1. The lowest BCUT2D eigenvalue weighted by Crippen LogP contribution is -2.34. The van der Waals surface area contributed by atoms with Gasteiger partial charge in [0.25, 0.3) is 11.6 Å². The van der Waals surface area contributed by atoms with E-state index in [1.165, 1.54) is 24.3 Å². The lowest BCUT2D eigenvalue weighted by atomic mass is 10.1. The Kier molecular flexibility index (Phi) is 5.02. The van der Waals surface area contributed by atoms with Crippen molar-refractivity contribution >= 4 is 34.6 Å². The number of amides is 1. The molecule has 0 atom stereocenters. The molecule has 118 valence electrons. The van der Waals surface area contributed by atoms with E-state index in [1.54, 1.807) is 12.1 Å². The molecule has 2 N–H and O–H groups in total. The molecule has 0 aliphatic carbocycles. The van der Waals surface area contributed by atoms with E-state index in [4.69, 9.17) is 12.2 Å². The third kappa shape index (κ3) is 4.58. The molecule has 0 spiro atoms. The Morgan fingerprint density at radius 1 is 1.09 bits per heavy atom. The minimum absolute atomic E-state index is 0.0132. The van der Waals surface area contributed by atoms with Crippen LogP contribution in [-0.4, -0.2) is 15.9 Å². The summed E-state index contributed by atoms with van der Waals surface area (Å²) in [5.41, 5.74) is 3.05. The average Bonchev–Trinajstić information content (AvgIpc) is 2.46. The van der Waals surface area contributed by atoms with Gasteiger partial charge in [-0.3, -0.25) is 20.2 Å². The Bertz CT molecular complexity index is 752. The fourth-order valence-corrected chi connectivity index (χ4v) is 2.32. The summed E-state index contributed by atoms with van der Waals surface area (Å²) in [7, 11) is 0. The first kappa shape index (κ1) is 16.6. The molecule has 6 nitrogen and oxygen atoms in total. The SMILES string of the molecule is Cc1cc(C)cc(C(=O)NC(=S)Nc2ccc([N+](=O)[O-])cc2)c1. The molecule has 2 rings (SSSR count). The van der Waals surface area contributed by atoms with Gasteiger partial charge in [-0.25, -0.2) is 0 Å². The minimum Gasteiger partial charge on any atom is -0.332 e. The molecule has 0 radical (unpaired) electrons. The van der Waals surface area contributed by atoms with Gasteiger partial charge in [-0.1, -0.05) is 17.2 Å². The van der Waals surface area contributed by atoms with Crippen molar-refractivity contribution in [3.63, 3.8) is 0 Å². The van der Waals surface area contributed by atoms with Crippen LogP contribution in [-0.2, 0) is 0 Å². The number of thiocarbonyl (C=S) groups is 1. The zero-order valence-corrected chi connectivity index (χ0v) is 13.4. The molecule has 23 heavy (non-hydrogen) atoms. The maximum Gasteiger partial charge on any atom is 0.269 e. The van der Waals surface area contributed by atoms with Crippen molar-refractivity contribution in [1.82, 2.24) is 5.32 Å². The van der Waals surface area contributed by atoms with E-state index in [9.17, 15) is 14.9 Å². The van der Waals surface area contributed by atoms with E-state index >= 15 is 0 Å². The van der Waals surface area contributed by atoms with Crippen LogP contribution >= 0.6 is 12.2 Å². The standard InChI is InChI=1S/C16H15N3O3S/c1-10-7-11(2)9-12(8-10)15(20)18-16(23)17-13-3-5-14(6-4-13)19(21)22/h3-9H,1-2H3,(H2,17,18,20,23). The van der Waals surface area contributed by atoms with Gasteiger partial charge in [0.05, 0.1) is 4.92 Å². The number of anilines is 1. The van der Waals surface area contributed by atoms with E-state index in [1.807, 2.05) is 19.9 Å². The topological polar surface area (TPSA) is 84.3 Å². The lowest BCUT2D eigenvalue weighted by Gasteiger charge is -2.10. The highest BCUT2D eigenvalue weighted by molar-refractivity contribution is 7.80. The number of hydrogen-bond acceptors (Lipinski definition) is 4. The highest BCUT2D eigenvalue weighted by Crippen LogP contribution is 2.15. The zero-order chi connectivity index (χ0) is 17.0. The molecular formula is C16H15N3O3S. The van der Waals surface area contributed by atoms with Gasteiger partial charge in [-0.15, -0.1) is 0 Å². The van der Waals surface area contributed by atoms with Gasteiger partial charge >= 0.3 is 0 Å². The molecule has 0 saturated carbocycles. The smallest absolute Gasteiger partial charge is 0.269 e. The second-order valence-corrected chi connectivity index (χ2v) is 5.50. The third-order valence-electron chi connectivity index (χ3n) is 3.05. The quantitative estimate of drug-likeness (QED) is 0.512. The summed E-state index contributed by atoms with van der Waals surface area (Å²) in [4.78, 5) is 22.3.